The SMILES string of the molecule is CNC(CCC(=O)O)C(=O)NC(CCCCNC(=O)Oc1ccc2c3c1OC1C(=O)CC[C@@]4(O)[C@@H](C2)N(CC2CC2)CC[C@]314)C(C)=O. The predicted octanol–water partition coefficient (Wildman–Crippen LogP) is 1.61. The highest BCUT2D eigenvalue weighted by atomic mass is 16.6. The summed E-state index contributed by atoms with van der Waals surface area (Å²) in [5.41, 5.74) is -0.0824. The normalized spacial score (nSPS) is 28.4. The van der Waals surface area contributed by atoms with E-state index in [0.717, 1.165) is 24.2 Å². The number of aliphatic carboxylic acids is 1. The molecule has 2 saturated carbocycles. The zero-order valence-corrected chi connectivity index (χ0v) is 27.1. The molecule has 1 spiro atoms. The molecule has 2 bridgehead atoms. The van der Waals surface area contributed by atoms with Crippen molar-refractivity contribution in [2.75, 3.05) is 26.7 Å². The van der Waals surface area contributed by atoms with E-state index >= 15 is 0 Å². The summed E-state index contributed by atoms with van der Waals surface area (Å²) in [6.45, 7) is 3.41. The molecular formula is C34H46N4O9. The Labute approximate surface area is 274 Å². The summed E-state index contributed by atoms with van der Waals surface area (Å²) in [4.78, 5) is 64.2. The smallest absolute Gasteiger partial charge is 0.412 e. The number of Topliss-reactive ketones (excluding diaryl/α,β-unsaturated/α-hetero) is 2. The van der Waals surface area contributed by atoms with Crippen LogP contribution in [0.15, 0.2) is 12.1 Å². The Hall–Kier alpha value is -3.55. The number of carbonyl (C=O) groups excluding carboxylic acids is 4. The number of likely N-dealkylation sites (tertiary alicyclic amines) is 1. The van der Waals surface area contributed by atoms with Gasteiger partial charge in [0.25, 0.3) is 0 Å². The number of piperidine rings is 1. The van der Waals surface area contributed by atoms with Gasteiger partial charge in [-0.2, -0.15) is 0 Å². The maximum absolute atomic E-state index is 13.3. The molecule has 1 aromatic carbocycles. The summed E-state index contributed by atoms with van der Waals surface area (Å²) in [6, 6.07) is 2.12. The summed E-state index contributed by atoms with van der Waals surface area (Å²) in [5, 5.41) is 29.5. The topological polar surface area (TPSA) is 184 Å². The van der Waals surface area contributed by atoms with Crippen LogP contribution >= 0.6 is 0 Å². The highest BCUT2D eigenvalue weighted by Crippen LogP contribution is 2.65. The summed E-state index contributed by atoms with van der Waals surface area (Å²) in [6.07, 6.45) is 4.22. The fourth-order valence-corrected chi connectivity index (χ4v) is 8.46. The molecule has 47 heavy (non-hydrogen) atoms. The second-order valence-corrected chi connectivity index (χ2v) is 14.0. The largest absolute Gasteiger partial charge is 0.481 e. The van der Waals surface area contributed by atoms with E-state index in [9.17, 15) is 29.1 Å². The number of carbonyl (C=O) groups is 5. The highest BCUT2D eigenvalue weighted by Gasteiger charge is 2.73. The van der Waals surface area contributed by atoms with Gasteiger partial charge in [0.15, 0.2) is 29.2 Å². The van der Waals surface area contributed by atoms with Crippen molar-refractivity contribution in [1.82, 2.24) is 20.9 Å². The number of nitrogens with one attached hydrogen (secondary N) is 3. The van der Waals surface area contributed by atoms with Crippen molar-refractivity contribution in [2.45, 2.75) is 113 Å². The molecule has 2 heterocycles. The van der Waals surface area contributed by atoms with Crippen LogP contribution in [-0.4, -0.2) is 101 Å². The van der Waals surface area contributed by atoms with Gasteiger partial charge in [-0.1, -0.05) is 6.07 Å². The molecule has 13 nitrogen and oxygen atoms in total. The monoisotopic (exact) mass is 654 g/mol. The number of rotatable bonds is 15. The summed E-state index contributed by atoms with van der Waals surface area (Å²) in [7, 11) is 1.56. The fraction of sp³-hybridized carbons (Fsp3) is 0.676. The molecule has 6 atom stereocenters. The van der Waals surface area contributed by atoms with Gasteiger partial charge in [-0.3, -0.25) is 24.1 Å². The number of amides is 2. The van der Waals surface area contributed by atoms with Gasteiger partial charge in [0.2, 0.25) is 5.91 Å². The zero-order valence-electron chi connectivity index (χ0n) is 27.1. The molecule has 1 aromatic rings. The first-order valence-electron chi connectivity index (χ1n) is 17.0. The van der Waals surface area contributed by atoms with Crippen LogP contribution < -0.4 is 25.4 Å². The average molecular weight is 655 g/mol. The Balaban J connectivity index is 1.06. The van der Waals surface area contributed by atoms with Gasteiger partial charge in [0.1, 0.15) is 0 Å². The number of nitrogens with zero attached hydrogens (tertiary/aromatic N) is 1. The lowest BCUT2D eigenvalue weighted by Gasteiger charge is -2.62. The molecule has 2 amide bonds. The number of carboxylic acid groups (broad SMARTS) is 1. The van der Waals surface area contributed by atoms with Gasteiger partial charge in [-0.15, -0.1) is 0 Å². The molecule has 5 aliphatic rings. The van der Waals surface area contributed by atoms with Crippen molar-refractivity contribution in [2.24, 2.45) is 5.92 Å². The maximum Gasteiger partial charge on any atom is 0.412 e. The Bertz CT molecular complexity index is 1450. The van der Waals surface area contributed by atoms with Gasteiger partial charge >= 0.3 is 12.1 Å². The van der Waals surface area contributed by atoms with E-state index in [1.165, 1.54) is 19.8 Å². The second kappa shape index (κ2) is 13.2. The van der Waals surface area contributed by atoms with E-state index in [4.69, 9.17) is 14.6 Å². The highest BCUT2D eigenvalue weighted by molar-refractivity contribution is 5.91. The minimum atomic E-state index is -1.10. The molecule has 0 aromatic heterocycles. The molecule has 3 unspecified atom stereocenters. The van der Waals surface area contributed by atoms with E-state index in [-0.39, 0.29) is 49.2 Å². The molecule has 0 radical (unpaired) electrons. The van der Waals surface area contributed by atoms with Gasteiger partial charge < -0.3 is 35.6 Å². The molecule has 13 heteroatoms. The van der Waals surface area contributed by atoms with Crippen LogP contribution in [0.5, 0.6) is 11.5 Å². The van der Waals surface area contributed by atoms with Crippen LogP contribution in [0.3, 0.4) is 0 Å². The lowest BCUT2D eigenvalue weighted by atomic mass is 9.49. The Morgan fingerprint density at radius 3 is 2.62 bits per heavy atom. The average Bonchev–Trinajstić information content (AvgIpc) is 3.77. The van der Waals surface area contributed by atoms with Gasteiger partial charge in [0.05, 0.1) is 23.1 Å². The summed E-state index contributed by atoms with van der Waals surface area (Å²) >= 11 is 0. The lowest BCUT2D eigenvalue weighted by molar-refractivity contribution is -0.188. The third-order valence-electron chi connectivity index (χ3n) is 11.1. The lowest BCUT2D eigenvalue weighted by Crippen LogP contribution is -2.76. The third-order valence-corrected chi connectivity index (χ3v) is 11.1. The number of unbranched alkanes of at least 4 members (excludes halogenated alkanes) is 1. The standard InChI is InChI=1S/C34H46N4O9/c1-19(39)22(37-31(43)23(35-2)9-11-27(41)42)5-3-4-15-36-32(44)46-25-10-8-21-17-26-34(45)13-12-24(40)30-33(34,28(21)29(25)47-30)14-16-38(26)18-20-6-7-20/h8,10,20,22-23,26,30,35,45H,3-7,9,11-18H2,1-2H3,(H,36,44)(H,37,43)(H,41,42)/t22?,23?,26-,30?,33+,34-/m1/s1. The number of aliphatic hydroxyl groups is 1. The molecule has 3 aliphatic carbocycles. The van der Waals surface area contributed by atoms with Gasteiger partial charge in [-0.25, -0.2) is 4.79 Å². The zero-order chi connectivity index (χ0) is 33.5. The fourth-order valence-electron chi connectivity index (χ4n) is 8.46. The molecular weight excluding hydrogens is 608 g/mol. The molecule has 2 aliphatic heterocycles. The van der Waals surface area contributed by atoms with Crippen LogP contribution in [0.25, 0.3) is 0 Å². The van der Waals surface area contributed by atoms with Crippen molar-refractivity contribution in [3.8, 4) is 11.5 Å². The van der Waals surface area contributed by atoms with Crippen molar-refractivity contribution >= 4 is 29.5 Å². The number of carboxylic acids is 1. The Kier molecular flexibility index (Phi) is 9.34. The number of ether oxygens (including phenoxy) is 2. The molecule has 6 rings (SSSR count). The maximum atomic E-state index is 13.3. The first kappa shape index (κ1) is 33.4. The van der Waals surface area contributed by atoms with E-state index in [1.54, 1.807) is 13.1 Å². The minimum absolute atomic E-state index is 0.0229. The van der Waals surface area contributed by atoms with Crippen LogP contribution in [0.4, 0.5) is 4.79 Å². The van der Waals surface area contributed by atoms with Crippen molar-refractivity contribution < 1.29 is 43.7 Å². The van der Waals surface area contributed by atoms with Crippen LogP contribution in [0.1, 0.15) is 82.3 Å². The molecule has 3 fully saturated rings. The van der Waals surface area contributed by atoms with E-state index in [1.807, 2.05) is 6.07 Å². The van der Waals surface area contributed by atoms with Crippen molar-refractivity contribution in [3.63, 3.8) is 0 Å². The number of hydrogen-bond donors (Lipinski definition) is 5. The number of likely N-dealkylation sites (N-methyl/N-ethyl adjacent to an activating group) is 1. The van der Waals surface area contributed by atoms with Crippen molar-refractivity contribution in [1.29, 1.82) is 0 Å². The Morgan fingerprint density at radius 1 is 1.13 bits per heavy atom. The summed E-state index contributed by atoms with van der Waals surface area (Å²) < 4.78 is 12.1. The first-order valence-corrected chi connectivity index (χ1v) is 17.0. The first-order chi connectivity index (χ1) is 22.5. The molecule has 1 saturated heterocycles. The quantitative estimate of drug-likeness (QED) is 0.173. The molecule has 5 N–H and O–H groups in total. The van der Waals surface area contributed by atoms with E-state index < -0.39 is 47.2 Å². The van der Waals surface area contributed by atoms with Crippen LogP contribution in [0.2, 0.25) is 0 Å². The predicted molar refractivity (Wildman–Crippen MR) is 168 cm³/mol. The minimum Gasteiger partial charge on any atom is -0.481 e. The third kappa shape index (κ3) is 6.13. The number of benzene rings is 1. The van der Waals surface area contributed by atoms with Gasteiger partial charge in [0, 0.05) is 37.5 Å². The van der Waals surface area contributed by atoms with Gasteiger partial charge in [-0.05, 0) is 95.9 Å². The molecule has 256 valence electrons. The number of hydrogen-bond acceptors (Lipinski definition) is 10. The van der Waals surface area contributed by atoms with E-state index in [2.05, 4.69) is 20.9 Å². The second-order valence-electron chi connectivity index (χ2n) is 14.0. The number of ketones is 2. The Morgan fingerprint density at radius 2 is 1.91 bits per heavy atom. The van der Waals surface area contributed by atoms with E-state index in [0.29, 0.717) is 50.2 Å². The van der Waals surface area contributed by atoms with Crippen LogP contribution in [-0.2, 0) is 31.0 Å². The van der Waals surface area contributed by atoms with Crippen molar-refractivity contribution in [3.05, 3.63) is 23.3 Å². The van der Waals surface area contributed by atoms with Crippen LogP contribution in [0, 0.1) is 5.92 Å². The summed E-state index contributed by atoms with van der Waals surface area (Å²) in [5.74, 6) is -0.388.